The molecule has 3 aromatic rings. The van der Waals surface area contributed by atoms with Gasteiger partial charge in [-0.25, -0.2) is 4.98 Å². The molecule has 1 saturated heterocycles. The summed E-state index contributed by atoms with van der Waals surface area (Å²) >= 11 is 1.78. The molecule has 4 rings (SSSR count). The molecule has 2 aromatic carbocycles. The minimum Gasteiger partial charge on any atom is -0.366 e. The number of amides is 2. The van der Waals surface area contributed by atoms with Crippen LogP contribution in [-0.2, 0) is 4.79 Å². The van der Waals surface area contributed by atoms with Gasteiger partial charge in [0.1, 0.15) is 0 Å². The minimum absolute atomic E-state index is 0.0461. The fraction of sp³-hybridized carbons (Fsp3) is 0.318. The van der Waals surface area contributed by atoms with Gasteiger partial charge in [0.2, 0.25) is 11.8 Å². The summed E-state index contributed by atoms with van der Waals surface area (Å²) in [7, 11) is 0. The fourth-order valence-corrected chi connectivity index (χ4v) is 4.87. The van der Waals surface area contributed by atoms with Crippen LogP contribution in [0, 0.1) is 0 Å². The standard InChI is InChI=1S/C22H24N4O2S/c1-14(21(28)24-17-8-6-15(7-9-17)20(23)27)26-12-10-16(11-13-26)22-25-18-4-2-3-5-19(18)29-22/h2-9,14,16H,10-13H2,1H3,(H2,23,27)(H,24,28)/t14-/m1/s1. The topological polar surface area (TPSA) is 88.3 Å². The Morgan fingerprint density at radius 2 is 1.83 bits per heavy atom. The number of carbonyl (C=O) groups excluding carboxylic acids is 2. The molecule has 0 radical (unpaired) electrons. The molecule has 0 saturated carbocycles. The van der Waals surface area contributed by atoms with Crippen LogP contribution in [0.5, 0.6) is 0 Å². The van der Waals surface area contributed by atoms with Crippen molar-refractivity contribution in [2.75, 3.05) is 18.4 Å². The molecule has 1 aliphatic heterocycles. The maximum absolute atomic E-state index is 12.6. The molecular weight excluding hydrogens is 384 g/mol. The number of thiazole rings is 1. The Balaban J connectivity index is 1.33. The zero-order valence-electron chi connectivity index (χ0n) is 16.3. The number of aromatic nitrogens is 1. The number of hydrogen-bond donors (Lipinski definition) is 2. The molecule has 1 atom stereocenters. The zero-order valence-corrected chi connectivity index (χ0v) is 17.1. The van der Waals surface area contributed by atoms with E-state index in [2.05, 4.69) is 28.4 Å². The first-order valence-corrected chi connectivity index (χ1v) is 10.6. The highest BCUT2D eigenvalue weighted by Gasteiger charge is 2.28. The second-order valence-corrected chi connectivity index (χ2v) is 8.50. The molecule has 2 amide bonds. The number of nitrogens with zero attached hydrogens (tertiary/aromatic N) is 2. The van der Waals surface area contributed by atoms with E-state index in [0.29, 0.717) is 17.2 Å². The van der Waals surface area contributed by atoms with Gasteiger partial charge in [0.15, 0.2) is 0 Å². The van der Waals surface area contributed by atoms with Gasteiger partial charge >= 0.3 is 0 Å². The normalized spacial score (nSPS) is 16.6. The summed E-state index contributed by atoms with van der Waals surface area (Å²) in [5.74, 6) is -0.0669. The highest BCUT2D eigenvalue weighted by molar-refractivity contribution is 7.18. The van der Waals surface area contributed by atoms with Gasteiger partial charge in [-0.2, -0.15) is 0 Å². The number of primary amides is 1. The van der Waals surface area contributed by atoms with Crippen LogP contribution in [0.1, 0.15) is 41.0 Å². The van der Waals surface area contributed by atoms with E-state index in [0.717, 1.165) is 31.4 Å². The van der Waals surface area contributed by atoms with Crippen LogP contribution in [0.15, 0.2) is 48.5 Å². The summed E-state index contributed by atoms with van der Waals surface area (Å²) in [5.41, 5.74) is 7.41. The van der Waals surface area contributed by atoms with Crippen molar-refractivity contribution < 1.29 is 9.59 Å². The van der Waals surface area contributed by atoms with Gasteiger partial charge in [-0.3, -0.25) is 14.5 Å². The van der Waals surface area contributed by atoms with E-state index >= 15 is 0 Å². The maximum Gasteiger partial charge on any atom is 0.248 e. The van der Waals surface area contributed by atoms with Gasteiger partial charge < -0.3 is 11.1 Å². The number of nitrogens with one attached hydrogen (secondary N) is 1. The van der Waals surface area contributed by atoms with Crippen LogP contribution in [0.25, 0.3) is 10.2 Å². The number of nitrogens with two attached hydrogens (primary N) is 1. The first-order chi connectivity index (χ1) is 14.0. The van der Waals surface area contributed by atoms with Gasteiger partial charge in [-0.1, -0.05) is 12.1 Å². The molecule has 29 heavy (non-hydrogen) atoms. The fourth-order valence-electron chi connectivity index (χ4n) is 3.73. The van der Waals surface area contributed by atoms with Crippen LogP contribution in [0.3, 0.4) is 0 Å². The van der Waals surface area contributed by atoms with E-state index in [1.807, 2.05) is 13.0 Å². The minimum atomic E-state index is -0.479. The van der Waals surface area contributed by atoms with E-state index in [1.165, 1.54) is 9.71 Å². The summed E-state index contributed by atoms with van der Waals surface area (Å²) in [6, 6.07) is 14.7. The third-order valence-corrected chi connectivity index (χ3v) is 6.75. The zero-order chi connectivity index (χ0) is 20.4. The van der Waals surface area contributed by atoms with Crippen LogP contribution in [0.2, 0.25) is 0 Å². The number of carbonyl (C=O) groups is 2. The number of fused-ring (bicyclic) bond motifs is 1. The van der Waals surface area contributed by atoms with Crippen molar-refractivity contribution in [1.29, 1.82) is 0 Å². The highest BCUT2D eigenvalue weighted by Crippen LogP contribution is 2.34. The second kappa shape index (κ2) is 8.31. The van der Waals surface area contributed by atoms with Crippen molar-refractivity contribution in [2.24, 2.45) is 5.73 Å². The Morgan fingerprint density at radius 3 is 2.48 bits per heavy atom. The van der Waals surface area contributed by atoms with E-state index in [1.54, 1.807) is 35.6 Å². The predicted molar refractivity (Wildman–Crippen MR) is 116 cm³/mol. The number of rotatable bonds is 5. The molecular formula is C22H24N4O2S. The first kappa shape index (κ1) is 19.5. The van der Waals surface area contributed by atoms with Crippen LogP contribution in [0.4, 0.5) is 5.69 Å². The molecule has 150 valence electrons. The number of para-hydroxylation sites is 1. The summed E-state index contributed by atoms with van der Waals surface area (Å²) < 4.78 is 1.24. The largest absolute Gasteiger partial charge is 0.366 e. The number of anilines is 1. The molecule has 1 aliphatic rings. The first-order valence-electron chi connectivity index (χ1n) is 9.81. The van der Waals surface area contributed by atoms with Crippen molar-refractivity contribution >= 4 is 39.1 Å². The number of piperidine rings is 1. The Labute approximate surface area is 173 Å². The van der Waals surface area contributed by atoms with Gasteiger partial charge in [0, 0.05) is 17.2 Å². The average molecular weight is 409 g/mol. The van der Waals surface area contributed by atoms with E-state index in [9.17, 15) is 9.59 Å². The van der Waals surface area contributed by atoms with Crippen molar-refractivity contribution in [3.8, 4) is 0 Å². The Kier molecular flexibility index (Phi) is 5.60. The number of benzene rings is 2. The Morgan fingerprint density at radius 1 is 1.14 bits per heavy atom. The summed E-state index contributed by atoms with van der Waals surface area (Å²) in [4.78, 5) is 30.8. The SMILES string of the molecule is C[C@H](C(=O)Nc1ccc(C(N)=O)cc1)N1CCC(c2nc3ccccc3s2)CC1. The Bertz CT molecular complexity index is 990. The third-order valence-electron chi connectivity index (χ3n) is 5.55. The smallest absolute Gasteiger partial charge is 0.248 e. The molecule has 1 fully saturated rings. The van der Waals surface area contributed by atoms with Crippen LogP contribution < -0.4 is 11.1 Å². The molecule has 6 nitrogen and oxygen atoms in total. The van der Waals surface area contributed by atoms with Gasteiger partial charge in [0.25, 0.3) is 0 Å². The van der Waals surface area contributed by atoms with Crippen LogP contribution in [-0.4, -0.2) is 40.8 Å². The maximum atomic E-state index is 12.6. The molecule has 0 aliphatic carbocycles. The van der Waals surface area contributed by atoms with Crippen LogP contribution >= 0.6 is 11.3 Å². The van der Waals surface area contributed by atoms with Crippen molar-refractivity contribution in [2.45, 2.75) is 31.7 Å². The lowest BCUT2D eigenvalue weighted by Crippen LogP contribution is -2.45. The third kappa shape index (κ3) is 4.31. The predicted octanol–water partition coefficient (Wildman–Crippen LogP) is 3.60. The lowest BCUT2D eigenvalue weighted by atomic mass is 9.96. The van der Waals surface area contributed by atoms with Gasteiger partial charge in [0.05, 0.1) is 21.3 Å². The van der Waals surface area contributed by atoms with Crippen molar-refractivity contribution in [1.82, 2.24) is 9.88 Å². The number of likely N-dealkylation sites (tertiary alicyclic amines) is 1. The highest BCUT2D eigenvalue weighted by atomic mass is 32.1. The van der Waals surface area contributed by atoms with E-state index in [-0.39, 0.29) is 11.9 Å². The van der Waals surface area contributed by atoms with E-state index in [4.69, 9.17) is 10.7 Å². The average Bonchev–Trinajstić information content (AvgIpc) is 3.18. The van der Waals surface area contributed by atoms with E-state index < -0.39 is 5.91 Å². The summed E-state index contributed by atoms with van der Waals surface area (Å²) in [6.45, 7) is 3.68. The molecule has 0 spiro atoms. The summed E-state index contributed by atoms with van der Waals surface area (Å²) in [6.07, 6.45) is 2.01. The molecule has 0 bridgehead atoms. The van der Waals surface area contributed by atoms with Crippen molar-refractivity contribution in [3.63, 3.8) is 0 Å². The molecule has 3 N–H and O–H groups in total. The molecule has 2 heterocycles. The quantitative estimate of drug-likeness (QED) is 0.675. The van der Waals surface area contributed by atoms with Crippen molar-refractivity contribution in [3.05, 3.63) is 59.1 Å². The molecule has 7 heteroatoms. The van der Waals surface area contributed by atoms with Gasteiger partial charge in [-0.15, -0.1) is 11.3 Å². The lowest BCUT2D eigenvalue weighted by molar-refractivity contribution is -0.121. The number of hydrogen-bond acceptors (Lipinski definition) is 5. The lowest BCUT2D eigenvalue weighted by Gasteiger charge is -2.34. The Hall–Kier alpha value is -2.77. The molecule has 1 aromatic heterocycles. The monoisotopic (exact) mass is 408 g/mol. The molecule has 0 unspecified atom stereocenters. The summed E-state index contributed by atoms with van der Waals surface area (Å²) in [5, 5.41) is 4.13. The van der Waals surface area contributed by atoms with Gasteiger partial charge in [-0.05, 0) is 69.3 Å². The second-order valence-electron chi connectivity index (χ2n) is 7.44.